The van der Waals surface area contributed by atoms with Crippen molar-refractivity contribution in [2.45, 2.75) is 33.3 Å². The van der Waals surface area contributed by atoms with E-state index in [4.69, 9.17) is 9.84 Å². The topological polar surface area (TPSA) is 77.2 Å². The van der Waals surface area contributed by atoms with E-state index in [1.54, 1.807) is 6.92 Å². The largest absolute Gasteiger partial charge is 0.491 e. The molecule has 1 unspecified atom stereocenters. The lowest BCUT2D eigenvalue weighted by atomic mass is 10.2. The van der Waals surface area contributed by atoms with Crippen LogP contribution in [0, 0.1) is 6.92 Å². The molecule has 1 atom stereocenters. The van der Waals surface area contributed by atoms with E-state index in [0.717, 1.165) is 17.9 Å². The highest BCUT2D eigenvalue weighted by Crippen LogP contribution is 2.20. The fraction of sp³-hybridized carbons (Fsp3) is 0.357. The van der Waals surface area contributed by atoms with E-state index in [9.17, 15) is 4.79 Å². The summed E-state index contributed by atoms with van der Waals surface area (Å²) in [5.74, 6) is -0.357. The molecule has 0 aliphatic heterocycles. The highest BCUT2D eigenvalue weighted by molar-refractivity contribution is 5.86. The van der Waals surface area contributed by atoms with Gasteiger partial charge in [0.1, 0.15) is 5.75 Å². The Morgan fingerprint density at radius 3 is 2.85 bits per heavy atom. The lowest BCUT2D eigenvalue weighted by molar-refractivity contribution is 0.0689. The van der Waals surface area contributed by atoms with Gasteiger partial charge in [0.25, 0.3) is 0 Å². The maximum absolute atomic E-state index is 11.0. The molecule has 1 N–H and O–H groups in total. The van der Waals surface area contributed by atoms with Crippen molar-refractivity contribution in [3.8, 4) is 11.4 Å². The van der Waals surface area contributed by atoms with Crippen molar-refractivity contribution >= 4 is 5.97 Å². The van der Waals surface area contributed by atoms with Crippen LogP contribution in [0.4, 0.5) is 0 Å². The van der Waals surface area contributed by atoms with Crippen LogP contribution in [0.15, 0.2) is 24.3 Å². The number of rotatable bonds is 5. The molecule has 20 heavy (non-hydrogen) atoms. The molecule has 1 aromatic heterocycles. The first-order valence-electron chi connectivity index (χ1n) is 6.45. The van der Waals surface area contributed by atoms with Crippen LogP contribution in [0.1, 0.15) is 36.5 Å². The van der Waals surface area contributed by atoms with Gasteiger partial charge >= 0.3 is 5.97 Å². The van der Waals surface area contributed by atoms with E-state index >= 15 is 0 Å². The second-order valence-electron chi connectivity index (χ2n) is 4.57. The molecule has 2 rings (SSSR count). The monoisotopic (exact) mass is 275 g/mol. The van der Waals surface area contributed by atoms with E-state index in [0.29, 0.717) is 5.69 Å². The Morgan fingerprint density at radius 2 is 2.25 bits per heavy atom. The van der Waals surface area contributed by atoms with Gasteiger partial charge in [0.05, 0.1) is 17.5 Å². The maximum atomic E-state index is 11.0. The first kappa shape index (κ1) is 14.0. The molecule has 6 nitrogen and oxygen atoms in total. The van der Waals surface area contributed by atoms with Gasteiger partial charge in [-0.2, -0.15) is 0 Å². The molecule has 0 fully saturated rings. The second-order valence-corrected chi connectivity index (χ2v) is 4.57. The molecule has 1 aromatic carbocycles. The van der Waals surface area contributed by atoms with Crippen LogP contribution < -0.4 is 4.74 Å². The smallest absolute Gasteiger partial charge is 0.358 e. The Hall–Kier alpha value is -2.37. The molecular formula is C14H17N3O3. The zero-order chi connectivity index (χ0) is 14.7. The first-order chi connectivity index (χ1) is 9.52. The molecule has 2 aromatic rings. The number of hydrogen-bond donors (Lipinski definition) is 1. The Bertz CT molecular complexity index is 622. The van der Waals surface area contributed by atoms with Crippen LogP contribution in [0.25, 0.3) is 5.69 Å². The molecule has 0 radical (unpaired) electrons. The third-order valence-corrected chi connectivity index (χ3v) is 3.07. The molecule has 106 valence electrons. The molecule has 0 saturated heterocycles. The summed E-state index contributed by atoms with van der Waals surface area (Å²) in [5, 5.41) is 16.5. The summed E-state index contributed by atoms with van der Waals surface area (Å²) in [6, 6.07) is 7.35. The summed E-state index contributed by atoms with van der Waals surface area (Å²) in [4.78, 5) is 11.0. The lowest BCUT2D eigenvalue weighted by Crippen LogP contribution is -2.10. The number of carbonyl (C=O) groups is 1. The SMILES string of the molecule is CCC(C)Oc1cccc(-n2nnc(C(=O)O)c2C)c1. The Labute approximate surface area is 117 Å². The molecule has 0 aliphatic rings. The summed E-state index contributed by atoms with van der Waals surface area (Å²) in [6.07, 6.45) is 1.03. The van der Waals surface area contributed by atoms with Gasteiger partial charge < -0.3 is 9.84 Å². The number of aromatic carboxylic acids is 1. The number of carboxylic acid groups (broad SMARTS) is 1. The lowest BCUT2D eigenvalue weighted by Gasteiger charge is -2.13. The fourth-order valence-electron chi connectivity index (χ4n) is 1.78. The van der Waals surface area contributed by atoms with Gasteiger partial charge in [-0.15, -0.1) is 5.10 Å². The minimum Gasteiger partial charge on any atom is -0.491 e. The van der Waals surface area contributed by atoms with Gasteiger partial charge in [-0.1, -0.05) is 18.2 Å². The number of aromatic nitrogens is 3. The van der Waals surface area contributed by atoms with Crippen LogP contribution in [-0.2, 0) is 0 Å². The molecule has 0 amide bonds. The van der Waals surface area contributed by atoms with Crippen molar-refractivity contribution < 1.29 is 14.6 Å². The van der Waals surface area contributed by atoms with E-state index < -0.39 is 5.97 Å². The predicted molar refractivity (Wildman–Crippen MR) is 73.4 cm³/mol. The van der Waals surface area contributed by atoms with E-state index in [-0.39, 0.29) is 11.8 Å². The van der Waals surface area contributed by atoms with Crippen LogP contribution in [0.5, 0.6) is 5.75 Å². The first-order valence-corrected chi connectivity index (χ1v) is 6.45. The molecule has 0 bridgehead atoms. The summed E-state index contributed by atoms with van der Waals surface area (Å²) in [5.41, 5.74) is 1.17. The van der Waals surface area contributed by atoms with Crippen molar-refractivity contribution in [2.75, 3.05) is 0 Å². The Balaban J connectivity index is 2.34. The number of carboxylic acids is 1. The van der Waals surface area contributed by atoms with Gasteiger partial charge in [0.2, 0.25) is 0 Å². The highest BCUT2D eigenvalue weighted by atomic mass is 16.5. The van der Waals surface area contributed by atoms with E-state index in [2.05, 4.69) is 17.2 Å². The summed E-state index contributed by atoms with van der Waals surface area (Å²) >= 11 is 0. The average molecular weight is 275 g/mol. The van der Waals surface area contributed by atoms with Gasteiger partial charge in [0.15, 0.2) is 5.69 Å². The van der Waals surface area contributed by atoms with Crippen molar-refractivity contribution in [1.82, 2.24) is 15.0 Å². The number of hydrogen-bond acceptors (Lipinski definition) is 4. The Morgan fingerprint density at radius 1 is 1.50 bits per heavy atom. The molecule has 0 saturated carbocycles. The van der Waals surface area contributed by atoms with E-state index in [1.165, 1.54) is 4.68 Å². The summed E-state index contributed by atoms with van der Waals surface area (Å²) in [6.45, 7) is 5.72. The van der Waals surface area contributed by atoms with Gasteiger partial charge in [-0.3, -0.25) is 0 Å². The fourth-order valence-corrected chi connectivity index (χ4v) is 1.78. The maximum Gasteiger partial charge on any atom is 0.358 e. The normalized spacial score (nSPS) is 12.2. The van der Waals surface area contributed by atoms with Crippen molar-refractivity contribution in [1.29, 1.82) is 0 Å². The number of ether oxygens (including phenoxy) is 1. The minimum atomic E-state index is -1.08. The molecule has 1 heterocycles. The highest BCUT2D eigenvalue weighted by Gasteiger charge is 2.16. The summed E-state index contributed by atoms with van der Waals surface area (Å²) < 4.78 is 7.23. The average Bonchev–Trinajstić information content (AvgIpc) is 2.81. The third-order valence-electron chi connectivity index (χ3n) is 3.07. The van der Waals surface area contributed by atoms with Crippen LogP contribution in [0.3, 0.4) is 0 Å². The molecule has 0 spiro atoms. The Kier molecular flexibility index (Phi) is 4.02. The van der Waals surface area contributed by atoms with Crippen molar-refractivity contribution in [2.24, 2.45) is 0 Å². The molecule has 6 heteroatoms. The van der Waals surface area contributed by atoms with Crippen LogP contribution >= 0.6 is 0 Å². The van der Waals surface area contributed by atoms with Crippen molar-refractivity contribution in [3.63, 3.8) is 0 Å². The van der Waals surface area contributed by atoms with Gasteiger partial charge in [-0.25, -0.2) is 9.48 Å². The van der Waals surface area contributed by atoms with Gasteiger partial charge in [0, 0.05) is 6.07 Å². The molecular weight excluding hydrogens is 258 g/mol. The number of benzene rings is 1. The van der Waals surface area contributed by atoms with Gasteiger partial charge in [-0.05, 0) is 32.4 Å². The quantitative estimate of drug-likeness (QED) is 0.906. The molecule has 0 aliphatic carbocycles. The van der Waals surface area contributed by atoms with E-state index in [1.807, 2.05) is 31.2 Å². The van der Waals surface area contributed by atoms with Crippen LogP contribution in [0.2, 0.25) is 0 Å². The second kappa shape index (κ2) is 5.73. The standard InChI is InChI=1S/C14H17N3O3/c1-4-9(2)20-12-7-5-6-11(8-12)17-10(3)13(14(18)19)15-16-17/h5-9H,4H2,1-3H3,(H,18,19). The predicted octanol–water partition coefficient (Wildman–Crippen LogP) is 2.45. The zero-order valence-electron chi connectivity index (χ0n) is 11.7. The zero-order valence-corrected chi connectivity index (χ0v) is 11.7. The minimum absolute atomic E-state index is 0.0433. The third kappa shape index (κ3) is 2.79. The summed E-state index contributed by atoms with van der Waals surface area (Å²) in [7, 11) is 0. The van der Waals surface area contributed by atoms with Crippen LogP contribution in [-0.4, -0.2) is 32.2 Å². The van der Waals surface area contributed by atoms with Crippen molar-refractivity contribution in [3.05, 3.63) is 35.7 Å². The number of nitrogens with zero attached hydrogens (tertiary/aromatic N) is 3.